The number of amides is 1. The Bertz CT molecular complexity index is 487. The van der Waals surface area contributed by atoms with Gasteiger partial charge in [-0.05, 0) is 17.2 Å². The number of carbonyl (C=O) groups is 1. The highest BCUT2D eigenvalue weighted by atomic mass is 19.1. The maximum atomic E-state index is 14.0. The Kier molecular flexibility index (Phi) is 2.31. The topological polar surface area (TPSA) is 38.3 Å². The summed E-state index contributed by atoms with van der Waals surface area (Å²) in [4.78, 5) is 11.4. The van der Waals surface area contributed by atoms with Crippen LogP contribution in [0.25, 0.3) is 0 Å². The van der Waals surface area contributed by atoms with Crippen LogP contribution >= 0.6 is 0 Å². The van der Waals surface area contributed by atoms with Crippen LogP contribution in [0.2, 0.25) is 0 Å². The molecule has 3 nitrogen and oxygen atoms in total. The van der Waals surface area contributed by atoms with E-state index in [1.165, 1.54) is 6.07 Å². The maximum Gasteiger partial charge on any atom is 0.223 e. The molecule has 17 heavy (non-hydrogen) atoms. The van der Waals surface area contributed by atoms with Gasteiger partial charge in [0.15, 0.2) is 0 Å². The lowest BCUT2D eigenvalue weighted by atomic mass is 9.88. The van der Waals surface area contributed by atoms with Crippen LogP contribution in [-0.4, -0.2) is 19.1 Å². The Balaban J connectivity index is 2.01. The van der Waals surface area contributed by atoms with E-state index in [1.54, 1.807) is 0 Å². The van der Waals surface area contributed by atoms with Crippen LogP contribution in [0.5, 0.6) is 5.75 Å². The smallest absolute Gasteiger partial charge is 0.223 e. The number of nitrogens with one attached hydrogen (secondary N) is 1. The summed E-state index contributed by atoms with van der Waals surface area (Å²) >= 11 is 0. The summed E-state index contributed by atoms with van der Waals surface area (Å²) in [7, 11) is 0. The van der Waals surface area contributed by atoms with Crippen LogP contribution in [0, 0.1) is 11.7 Å². The van der Waals surface area contributed by atoms with Crippen molar-refractivity contribution in [3.63, 3.8) is 0 Å². The fourth-order valence-electron chi connectivity index (χ4n) is 2.61. The van der Waals surface area contributed by atoms with Crippen molar-refractivity contribution in [3.8, 4) is 5.75 Å². The minimum atomic E-state index is -0.265. The first-order valence-corrected chi connectivity index (χ1v) is 5.89. The van der Waals surface area contributed by atoms with Gasteiger partial charge in [0.25, 0.3) is 0 Å². The molecule has 2 heterocycles. The molecule has 1 saturated heterocycles. The molecule has 1 N–H and O–H groups in total. The van der Waals surface area contributed by atoms with Crippen molar-refractivity contribution >= 4 is 5.91 Å². The fraction of sp³-hybridized carbons (Fsp3) is 0.462. The van der Waals surface area contributed by atoms with E-state index in [0.717, 1.165) is 12.0 Å². The third kappa shape index (κ3) is 1.59. The lowest BCUT2D eigenvalue weighted by Gasteiger charge is -2.15. The molecule has 0 bridgehead atoms. The van der Waals surface area contributed by atoms with Gasteiger partial charge in [-0.3, -0.25) is 4.79 Å². The first kappa shape index (κ1) is 10.6. The van der Waals surface area contributed by atoms with E-state index >= 15 is 0 Å². The van der Waals surface area contributed by atoms with E-state index in [0.29, 0.717) is 24.5 Å². The number of rotatable bonds is 1. The number of hydrogen-bond acceptors (Lipinski definition) is 2. The molecular weight excluding hydrogens is 221 g/mol. The van der Waals surface area contributed by atoms with E-state index in [-0.39, 0.29) is 23.6 Å². The second-order valence-corrected chi connectivity index (χ2v) is 4.72. The third-order valence-electron chi connectivity index (χ3n) is 3.72. The first-order chi connectivity index (χ1) is 8.16. The predicted molar refractivity (Wildman–Crippen MR) is 60.5 cm³/mol. The Hall–Kier alpha value is -1.58. The molecule has 2 atom stereocenters. The van der Waals surface area contributed by atoms with Crippen molar-refractivity contribution in [1.82, 2.24) is 5.32 Å². The van der Waals surface area contributed by atoms with Gasteiger partial charge < -0.3 is 10.1 Å². The van der Waals surface area contributed by atoms with Gasteiger partial charge >= 0.3 is 0 Å². The lowest BCUT2D eigenvalue weighted by molar-refractivity contribution is -0.122. The fourth-order valence-corrected chi connectivity index (χ4v) is 2.61. The molecule has 0 spiro atoms. The quantitative estimate of drug-likeness (QED) is 0.803. The van der Waals surface area contributed by atoms with E-state index in [2.05, 4.69) is 5.32 Å². The standard InChI is InChI=1S/C13H14FNO2/c1-7-10(6-15-13(7)16)9-4-8-2-3-17-12(8)5-11(9)14/h4-5,7,10H,2-3,6H2,1H3,(H,15,16)/t7-,10+/m0/s1. The van der Waals surface area contributed by atoms with Crippen LogP contribution in [0.3, 0.4) is 0 Å². The van der Waals surface area contributed by atoms with Crippen molar-refractivity contribution < 1.29 is 13.9 Å². The Labute approximate surface area is 99.0 Å². The summed E-state index contributed by atoms with van der Waals surface area (Å²) in [5.74, 6) is 0.166. The van der Waals surface area contributed by atoms with Gasteiger partial charge in [0.2, 0.25) is 5.91 Å². The van der Waals surface area contributed by atoms with Crippen LogP contribution in [-0.2, 0) is 11.2 Å². The zero-order valence-electron chi connectivity index (χ0n) is 9.63. The van der Waals surface area contributed by atoms with Crippen molar-refractivity contribution in [3.05, 3.63) is 29.1 Å². The Morgan fingerprint density at radius 1 is 1.47 bits per heavy atom. The van der Waals surface area contributed by atoms with Gasteiger partial charge in [0.1, 0.15) is 11.6 Å². The lowest BCUT2D eigenvalue weighted by Crippen LogP contribution is -2.17. The summed E-state index contributed by atoms with van der Waals surface area (Å²) in [6.07, 6.45) is 0.824. The molecule has 1 fully saturated rings. The highest BCUT2D eigenvalue weighted by Crippen LogP contribution is 2.35. The van der Waals surface area contributed by atoms with E-state index in [9.17, 15) is 9.18 Å². The molecule has 1 aromatic rings. The van der Waals surface area contributed by atoms with Crippen molar-refractivity contribution in [2.45, 2.75) is 19.3 Å². The van der Waals surface area contributed by atoms with Crippen LogP contribution < -0.4 is 10.1 Å². The first-order valence-electron chi connectivity index (χ1n) is 5.89. The van der Waals surface area contributed by atoms with Crippen molar-refractivity contribution in [1.29, 1.82) is 0 Å². The average molecular weight is 235 g/mol. The molecule has 90 valence electrons. The molecule has 0 aliphatic carbocycles. The summed E-state index contributed by atoms with van der Waals surface area (Å²) < 4.78 is 19.3. The van der Waals surface area contributed by atoms with Crippen molar-refractivity contribution in [2.24, 2.45) is 5.92 Å². The maximum absolute atomic E-state index is 14.0. The molecule has 0 saturated carbocycles. The van der Waals surface area contributed by atoms with Crippen LogP contribution in [0.1, 0.15) is 24.0 Å². The minimum Gasteiger partial charge on any atom is -0.493 e. The number of carbonyl (C=O) groups excluding carboxylic acids is 1. The molecule has 1 aromatic carbocycles. The summed E-state index contributed by atoms with van der Waals surface area (Å²) in [5.41, 5.74) is 1.69. The van der Waals surface area contributed by atoms with Gasteiger partial charge in [-0.25, -0.2) is 4.39 Å². The molecule has 1 amide bonds. The zero-order chi connectivity index (χ0) is 12.0. The number of ether oxygens (including phenoxy) is 1. The number of fused-ring (bicyclic) bond motifs is 1. The molecule has 2 aliphatic heterocycles. The van der Waals surface area contributed by atoms with Gasteiger partial charge in [0.05, 0.1) is 6.61 Å². The monoisotopic (exact) mass is 235 g/mol. The van der Waals surface area contributed by atoms with Gasteiger partial charge in [-0.15, -0.1) is 0 Å². The number of benzene rings is 1. The zero-order valence-corrected chi connectivity index (χ0v) is 9.63. The summed E-state index contributed by atoms with van der Waals surface area (Å²) in [6.45, 7) is 2.99. The third-order valence-corrected chi connectivity index (χ3v) is 3.72. The minimum absolute atomic E-state index is 0.00569. The van der Waals surface area contributed by atoms with Crippen LogP contribution in [0.4, 0.5) is 4.39 Å². The molecular formula is C13H14FNO2. The van der Waals surface area contributed by atoms with E-state index in [4.69, 9.17) is 4.74 Å². The van der Waals surface area contributed by atoms with E-state index in [1.807, 2.05) is 13.0 Å². The van der Waals surface area contributed by atoms with Crippen molar-refractivity contribution in [2.75, 3.05) is 13.2 Å². The highest BCUT2D eigenvalue weighted by Gasteiger charge is 2.34. The second-order valence-electron chi connectivity index (χ2n) is 4.72. The Morgan fingerprint density at radius 3 is 3.00 bits per heavy atom. The molecule has 0 aromatic heterocycles. The van der Waals surface area contributed by atoms with E-state index < -0.39 is 0 Å². The number of halogens is 1. The second kappa shape index (κ2) is 3.72. The largest absolute Gasteiger partial charge is 0.493 e. The van der Waals surface area contributed by atoms with Gasteiger partial charge in [-0.2, -0.15) is 0 Å². The molecule has 0 radical (unpaired) electrons. The molecule has 4 heteroatoms. The molecule has 0 unspecified atom stereocenters. The predicted octanol–water partition coefficient (Wildman–Crippen LogP) is 1.61. The van der Waals surface area contributed by atoms with Crippen LogP contribution in [0.15, 0.2) is 12.1 Å². The molecule has 3 rings (SSSR count). The normalized spacial score (nSPS) is 26.6. The highest BCUT2D eigenvalue weighted by molar-refractivity contribution is 5.82. The van der Waals surface area contributed by atoms with Gasteiger partial charge in [0, 0.05) is 30.9 Å². The Morgan fingerprint density at radius 2 is 2.29 bits per heavy atom. The summed E-state index contributed by atoms with van der Waals surface area (Å²) in [5, 5.41) is 2.78. The number of hydrogen-bond donors (Lipinski definition) is 1. The SMILES string of the molecule is C[C@@H]1C(=O)NC[C@H]1c1cc2c(cc1F)OCC2. The molecule has 2 aliphatic rings. The van der Waals surface area contributed by atoms with Gasteiger partial charge in [-0.1, -0.05) is 6.92 Å². The summed E-state index contributed by atoms with van der Waals surface area (Å²) in [6, 6.07) is 3.31. The average Bonchev–Trinajstić information content (AvgIpc) is 2.86.